The molecule has 0 unspecified atom stereocenters. The van der Waals surface area contributed by atoms with Gasteiger partial charge in [-0.3, -0.25) is 4.99 Å². The van der Waals surface area contributed by atoms with Crippen molar-refractivity contribution in [2.24, 2.45) is 4.99 Å². The molecule has 4 nitrogen and oxygen atoms in total. The summed E-state index contributed by atoms with van der Waals surface area (Å²) in [5, 5.41) is 12.1. The molecule has 5 heteroatoms. The molecule has 1 aromatic carbocycles. The smallest absolute Gasteiger partial charge is 0.193 e. The fourth-order valence-electron chi connectivity index (χ4n) is 1.84. The summed E-state index contributed by atoms with van der Waals surface area (Å²) in [7, 11) is 3.81. The summed E-state index contributed by atoms with van der Waals surface area (Å²) in [6.07, 6.45) is 4.01. The highest BCUT2D eigenvalue weighted by atomic mass is 127. The predicted octanol–water partition coefficient (Wildman–Crippen LogP) is 3.15. The van der Waals surface area contributed by atoms with E-state index < -0.39 is 0 Å². The van der Waals surface area contributed by atoms with Crippen LogP contribution in [0.2, 0.25) is 0 Å². The number of unbranched alkanes of at least 4 members (excludes halogenated alkanes) is 1. The van der Waals surface area contributed by atoms with Gasteiger partial charge in [0.1, 0.15) is 0 Å². The van der Waals surface area contributed by atoms with Crippen molar-refractivity contribution >= 4 is 29.9 Å². The lowest BCUT2D eigenvalue weighted by Crippen LogP contribution is -2.38. The molecule has 0 aromatic heterocycles. The quantitative estimate of drug-likeness (QED) is 0.263. The zero-order valence-electron chi connectivity index (χ0n) is 12.7. The predicted molar refractivity (Wildman–Crippen MR) is 98.8 cm³/mol. The van der Waals surface area contributed by atoms with Crippen LogP contribution in [0.5, 0.6) is 0 Å². The first-order valence-corrected chi connectivity index (χ1v) is 6.73. The summed E-state index contributed by atoms with van der Waals surface area (Å²) in [5.41, 5.74) is 1.81. The van der Waals surface area contributed by atoms with E-state index in [-0.39, 0.29) is 24.0 Å². The Morgan fingerprint density at radius 2 is 2.10 bits per heavy atom. The van der Waals surface area contributed by atoms with Gasteiger partial charge in [0.2, 0.25) is 0 Å². The second-order valence-corrected chi connectivity index (χ2v) is 4.56. The molecule has 0 radical (unpaired) electrons. The number of nitrogens with one attached hydrogen (secondary N) is 1. The first kappa shape index (κ1) is 19.4. The van der Waals surface area contributed by atoms with Crippen molar-refractivity contribution in [1.29, 1.82) is 5.26 Å². The van der Waals surface area contributed by atoms with E-state index in [0.717, 1.165) is 30.9 Å². The minimum absolute atomic E-state index is 0. The van der Waals surface area contributed by atoms with E-state index in [4.69, 9.17) is 5.26 Å². The maximum atomic E-state index is 8.76. The summed E-state index contributed by atoms with van der Waals surface area (Å²) in [5.74, 6) is 0.874. The number of guanidine groups is 1. The zero-order chi connectivity index (χ0) is 14.8. The number of nitriles is 1. The number of hydrogen-bond donors (Lipinski definition) is 1. The number of halogens is 1. The van der Waals surface area contributed by atoms with Crippen LogP contribution in [-0.2, 0) is 6.54 Å². The molecule has 0 spiro atoms. The molecule has 0 saturated heterocycles. The number of nitrogens with zero attached hydrogens (tertiary/aromatic N) is 3. The zero-order valence-corrected chi connectivity index (χ0v) is 15.0. The third-order valence-corrected chi connectivity index (χ3v) is 3.01. The highest BCUT2D eigenvalue weighted by molar-refractivity contribution is 14.0. The van der Waals surface area contributed by atoms with Crippen LogP contribution in [0.25, 0.3) is 0 Å². The van der Waals surface area contributed by atoms with E-state index in [1.54, 1.807) is 7.05 Å². The molecule has 1 rings (SSSR count). The second-order valence-electron chi connectivity index (χ2n) is 4.56. The van der Waals surface area contributed by atoms with Gasteiger partial charge in [-0.1, -0.05) is 18.2 Å². The Bertz CT molecular complexity index is 488. The van der Waals surface area contributed by atoms with E-state index >= 15 is 0 Å². The van der Waals surface area contributed by atoms with Crippen molar-refractivity contribution in [3.63, 3.8) is 0 Å². The molecule has 0 aliphatic carbocycles. The highest BCUT2D eigenvalue weighted by Crippen LogP contribution is 2.03. The van der Waals surface area contributed by atoms with Gasteiger partial charge in [0.05, 0.1) is 11.6 Å². The molecular weight excluding hydrogens is 375 g/mol. The van der Waals surface area contributed by atoms with Gasteiger partial charge in [-0.15, -0.1) is 30.6 Å². The van der Waals surface area contributed by atoms with Crippen LogP contribution in [0.15, 0.2) is 41.9 Å². The van der Waals surface area contributed by atoms with Gasteiger partial charge >= 0.3 is 0 Å². The lowest BCUT2D eigenvalue weighted by Gasteiger charge is -2.21. The molecule has 1 aromatic rings. The molecule has 0 bridgehead atoms. The Kier molecular flexibility index (Phi) is 10.3. The van der Waals surface area contributed by atoms with Crippen LogP contribution >= 0.6 is 24.0 Å². The molecule has 114 valence electrons. The van der Waals surface area contributed by atoms with Crippen molar-refractivity contribution in [3.05, 3.63) is 48.0 Å². The van der Waals surface area contributed by atoms with Crippen LogP contribution < -0.4 is 5.32 Å². The largest absolute Gasteiger partial charge is 0.352 e. The van der Waals surface area contributed by atoms with Crippen LogP contribution in [-0.4, -0.2) is 31.5 Å². The minimum Gasteiger partial charge on any atom is -0.352 e. The monoisotopic (exact) mass is 398 g/mol. The van der Waals surface area contributed by atoms with Gasteiger partial charge in [-0.25, -0.2) is 0 Å². The molecule has 0 aliphatic rings. The maximum Gasteiger partial charge on any atom is 0.193 e. The van der Waals surface area contributed by atoms with Crippen LogP contribution in [0, 0.1) is 11.3 Å². The van der Waals surface area contributed by atoms with Gasteiger partial charge in [0.25, 0.3) is 0 Å². The first-order chi connectivity index (χ1) is 9.71. The fourth-order valence-corrected chi connectivity index (χ4v) is 1.84. The topological polar surface area (TPSA) is 51.4 Å². The molecule has 0 amide bonds. The first-order valence-electron chi connectivity index (χ1n) is 6.73. The summed E-state index contributed by atoms with van der Waals surface area (Å²) < 4.78 is 0. The van der Waals surface area contributed by atoms with Crippen molar-refractivity contribution in [2.45, 2.75) is 19.4 Å². The fraction of sp³-hybridized carbons (Fsp3) is 0.375. The third kappa shape index (κ3) is 7.14. The molecule has 0 heterocycles. The molecule has 21 heavy (non-hydrogen) atoms. The Morgan fingerprint density at radius 3 is 2.62 bits per heavy atom. The van der Waals surface area contributed by atoms with Crippen molar-refractivity contribution < 1.29 is 0 Å². The molecule has 0 atom stereocenters. The summed E-state index contributed by atoms with van der Waals surface area (Å²) >= 11 is 0. The average molecular weight is 398 g/mol. The number of rotatable bonds is 6. The van der Waals surface area contributed by atoms with Gasteiger partial charge in [-0.05, 0) is 30.5 Å². The normalized spacial score (nSPS) is 10.2. The Balaban J connectivity index is 0.00000400. The van der Waals surface area contributed by atoms with Gasteiger partial charge in [-0.2, -0.15) is 5.26 Å². The molecule has 0 aliphatic heterocycles. The molecule has 0 saturated carbocycles. The van der Waals surface area contributed by atoms with Gasteiger partial charge in [0.15, 0.2) is 5.96 Å². The second kappa shape index (κ2) is 11.1. The number of hydrogen-bond acceptors (Lipinski definition) is 2. The number of aliphatic imine (C=N–C) groups is 1. The van der Waals surface area contributed by atoms with Gasteiger partial charge < -0.3 is 10.2 Å². The summed E-state index contributed by atoms with van der Waals surface area (Å²) in [4.78, 5) is 6.37. The molecule has 1 N–H and O–H groups in total. The number of allylic oxidation sites excluding steroid dienone is 1. The molecular formula is C16H23IN4. The standard InChI is InChI=1S/C16H22N4.HI/c1-4-5-6-11-20(3)16(18-2)19-13-15-9-7-14(12-17)8-10-15;/h4,7-10H,1,5-6,11,13H2,2-3H3,(H,18,19);1H. The SMILES string of the molecule is C=CCCCN(C)C(=NC)NCc1ccc(C#N)cc1.I. The van der Waals surface area contributed by atoms with Crippen molar-refractivity contribution in [3.8, 4) is 6.07 Å². The Labute approximate surface area is 144 Å². The number of benzene rings is 1. The third-order valence-electron chi connectivity index (χ3n) is 3.01. The highest BCUT2D eigenvalue weighted by Gasteiger charge is 2.04. The Morgan fingerprint density at radius 1 is 1.43 bits per heavy atom. The van der Waals surface area contributed by atoms with E-state index in [2.05, 4.69) is 27.9 Å². The maximum absolute atomic E-state index is 8.76. The summed E-state index contributed by atoms with van der Waals surface area (Å²) in [6.45, 7) is 5.37. The van der Waals surface area contributed by atoms with Crippen LogP contribution in [0.1, 0.15) is 24.0 Å². The van der Waals surface area contributed by atoms with Crippen molar-refractivity contribution in [1.82, 2.24) is 10.2 Å². The Hall–Kier alpha value is -1.55. The van der Waals surface area contributed by atoms with Crippen LogP contribution in [0.4, 0.5) is 0 Å². The lowest BCUT2D eigenvalue weighted by molar-refractivity contribution is 0.470. The van der Waals surface area contributed by atoms with Crippen LogP contribution in [0.3, 0.4) is 0 Å². The van der Waals surface area contributed by atoms with E-state index in [9.17, 15) is 0 Å². The van der Waals surface area contributed by atoms with E-state index in [0.29, 0.717) is 12.1 Å². The lowest BCUT2D eigenvalue weighted by atomic mass is 10.1. The average Bonchev–Trinajstić information content (AvgIpc) is 2.49. The van der Waals surface area contributed by atoms with E-state index in [1.165, 1.54) is 0 Å². The van der Waals surface area contributed by atoms with Gasteiger partial charge in [0, 0.05) is 27.2 Å². The molecule has 0 fully saturated rings. The van der Waals surface area contributed by atoms with E-state index in [1.807, 2.05) is 37.4 Å². The summed E-state index contributed by atoms with van der Waals surface area (Å²) in [6, 6.07) is 9.68. The minimum atomic E-state index is 0. The van der Waals surface area contributed by atoms with Crippen molar-refractivity contribution in [2.75, 3.05) is 20.6 Å².